The summed E-state index contributed by atoms with van der Waals surface area (Å²) in [6.07, 6.45) is 1.88. The lowest BCUT2D eigenvalue weighted by Gasteiger charge is -2.23. The highest BCUT2D eigenvalue weighted by molar-refractivity contribution is 7.89. The second-order valence-corrected chi connectivity index (χ2v) is 12.0. The second-order valence-electron chi connectivity index (χ2n) is 10.0. The van der Waals surface area contributed by atoms with Gasteiger partial charge in [0.2, 0.25) is 21.8 Å². The Bertz CT molecular complexity index is 1280. The number of hydrogen-bond acceptors (Lipinski definition) is 6. The van der Waals surface area contributed by atoms with E-state index in [1.165, 1.54) is 30.2 Å². The van der Waals surface area contributed by atoms with Gasteiger partial charge in [-0.25, -0.2) is 12.8 Å². The van der Waals surface area contributed by atoms with Crippen molar-refractivity contribution in [2.45, 2.75) is 38.1 Å². The van der Waals surface area contributed by atoms with Crippen molar-refractivity contribution in [3.8, 4) is 5.75 Å². The van der Waals surface area contributed by atoms with Crippen LogP contribution in [0, 0.1) is 13.8 Å². The van der Waals surface area contributed by atoms with Crippen LogP contribution in [0.1, 0.15) is 27.8 Å². The zero-order valence-corrected chi connectivity index (χ0v) is 24.2. The van der Waals surface area contributed by atoms with Crippen molar-refractivity contribution in [1.82, 2.24) is 19.4 Å². The number of halogens is 1. The normalized spacial score (nSPS) is 14.0. The first-order valence-electron chi connectivity index (χ1n) is 13.0. The molecule has 0 radical (unpaired) electrons. The van der Waals surface area contributed by atoms with Gasteiger partial charge in [0.25, 0.3) is 0 Å². The molecule has 1 aliphatic rings. The van der Waals surface area contributed by atoms with Crippen molar-refractivity contribution >= 4 is 21.8 Å². The van der Waals surface area contributed by atoms with E-state index in [2.05, 4.69) is 29.4 Å². The van der Waals surface area contributed by atoms with Gasteiger partial charge in [0.05, 0.1) is 25.1 Å². The monoisotopic (exact) mass is 562 g/mol. The minimum absolute atomic E-state index is 0.0984. The maximum atomic E-state index is 13.3. The van der Waals surface area contributed by atoms with Crippen LogP contribution in [-0.2, 0) is 39.0 Å². The molecular formula is C28H39FN4O5S. The van der Waals surface area contributed by atoms with Gasteiger partial charge in [-0.05, 0) is 73.7 Å². The van der Waals surface area contributed by atoms with Gasteiger partial charge in [-0.3, -0.25) is 9.59 Å². The van der Waals surface area contributed by atoms with Gasteiger partial charge in [0.15, 0.2) is 0 Å². The summed E-state index contributed by atoms with van der Waals surface area (Å²) in [6.45, 7) is 3.87. The molecule has 1 aliphatic heterocycles. The smallest absolute Gasteiger partial charge is 0.243 e. The van der Waals surface area contributed by atoms with Crippen LogP contribution in [0.2, 0.25) is 0 Å². The molecule has 0 spiro atoms. The molecule has 0 aliphatic carbocycles. The first kappa shape index (κ1) is 30.5. The summed E-state index contributed by atoms with van der Waals surface area (Å²) in [6, 6.07) is 9.36. The van der Waals surface area contributed by atoms with E-state index in [1.54, 1.807) is 26.0 Å². The van der Waals surface area contributed by atoms with Gasteiger partial charge in [-0.15, -0.1) is 0 Å². The lowest BCUT2D eigenvalue weighted by Crippen LogP contribution is -2.44. The third kappa shape index (κ3) is 7.77. The van der Waals surface area contributed by atoms with Gasteiger partial charge in [0.1, 0.15) is 12.4 Å². The highest BCUT2D eigenvalue weighted by atomic mass is 32.2. The maximum Gasteiger partial charge on any atom is 0.243 e. The molecule has 1 N–H and O–H groups in total. The molecular weight excluding hydrogens is 523 g/mol. The molecule has 0 atom stereocenters. The Morgan fingerprint density at radius 3 is 2.33 bits per heavy atom. The quantitative estimate of drug-likeness (QED) is 0.450. The highest BCUT2D eigenvalue weighted by Crippen LogP contribution is 2.27. The average molecular weight is 563 g/mol. The van der Waals surface area contributed by atoms with Crippen LogP contribution in [0.3, 0.4) is 0 Å². The average Bonchev–Trinajstić information content (AvgIpc) is 3.07. The van der Waals surface area contributed by atoms with E-state index in [-0.39, 0.29) is 24.5 Å². The first-order valence-corrected chi connectivity index (χ1v) is 14.4. The van der Waals surface area contributed by atoms with E-state index in [9.17, 15) is 22.4 Å². The number of amides is 2. The summed E-state index contributed by atoms with van der Waals surface area (Å²) >= 11 is 0. The number of hydrogen-bond donors (Lipinski definition) is 1. The number of carbonyl (C=O) groups is 2. The van der Waals surface area contributed by atoms with Crippen LogP contribution in [0.4, 0.5) is 4.39 Å². The molecule has 9 nitrogen and oxygen atoms in total. The minimum Gasteiger partial charge on any atom is -0.497 e. The van der Waals surface area contributed by atoms with Gasteiger partial charge >= 0.3 is 0 Å². The molecule has 2 aromatic rings. The van der Waals surface area contributed by atoms with E-state index in [0.717, 1.165) is 35.8 Å². The fourth-order valence-electron chi connectivity index (χ4n) is 4.82. The fourth-order valence-corrected chi connectivity index (χ4v) is 6.35. The summed E-state index contributed by atoms with van der Waals surface area (Å²) < 4.78 is 45.8. The predicted octanol–water partition coefficient (Wildman–Crippen LogP) is 2.08. The molecule has 0 unspecified atom stereocenters. The SMILES string of the molecule is COc1cc(C)c(S(=O)(=O)N(C)CC(=O)NCC(=O)N(CCF)Cc2ccc3c(c2)CCN(C)CC3)c(C)c1. The summed E-state index contributed by atoms with van der Waals surface area (Å²) in [5.41, 5.74) is 4.44. The molecule has 214 valence electrons. The Morgan fingerprint density at radius 2 is 1.72 bits per heavy atom. The zero-order chi connectivity index (χ0) is 28.7. The van der Waals surface area contributed by atoms with Gasteiger partial charge < -0.3 is 19.9 Å². The number of aryl methyl sites for hydroxylation is 2. The fraction of sp³-hybridized carbons (Fsp3) is 0.500. The molecule has 2 aromatic carbocycles. The summed E-state index contributed by atoms with van der Waals surface area (Å²) in [5.74, 6) is -0.533. The lowest BCUT2D eigenvalue weighted by molar-refractivity contribution is -0.133. The molecule has 0 saturated heterocycles. The van der Waals surface area contributed by atoms with Crippen molar-refractivity contribution in [3.05, 3.63) is 58.1 Å². The van der Waals surface area contributed by atoms with Crippen molar-refractivity contribution in [1.29, 1.82) is 0 Å². The maximum absolute atomic E-state index is 13.3. The van der Waals surface area contributed by atoms with E-state index in [4.69, 9.17) is 4.74 Å². The summed E-state index contributed by atoms with van der Waals surface area (Å²) in [4.78, 5) is 29.2. The zero-order valence-electron chi connectivity index (χ0n) is 23.4. The van der Waals surface area contributed by atoms with E-state index >= 15 is 0 Å². The molecule has 0 fully saturated rings. The summed E-state index contributed by atoms with van der Waals surface area (Å²) in [7, 11) is 0.938. The Kier molecular flexibility index (Phi) is 10.5. The number of benzene rings is 2. The first-order chi connectivity index (χ1) is 18.5. The molecule has 2 amide bonds. The number of nitrogens with one attached hydrogen (secondary N) is 1. The number of likely N-dealkylation sites (N-methyl/N-ethyl adjacent to an activating group) is 2. The van der Waals surface area contributed by atoms with Crippen LogP contribution >= 0.6 is 0 Å². The number of alkyl halides is 1. The Morgan fingerprint density at radius 1 is 1.08 bits per heavy atom. The Labute approximate surface area is 231 Å². The lowest BCUT2D eigenvalue weighted by atomic mass is 10.00. The van der Waals surface area contributed by atoms with Crippen LogP contribution in [0.5, 0.6) is 5.75 Å². The third-order valence-corrected chi connectivity index (χ3v) is 9.13. The van der Waals surface area contributed by atoms with Crippen LogP contribution in [0.15, 0.2) is 35.2 Å². The standard InChI is InChI=1S/C28H39FN4O5S/c1-20-14-25(38-5)15-21(2)28(20)39(36,37)32(4)19-26(34)30-17-27(35)33(13-10-29)18-22-6-7-23-8-11-31(3)12-9-24(23)16-22/h6-7,14-16H,8-13,17-19H2,1-5H3,(H,30,34). The molecule has 0 saturated carbocycles. The van der Waals surface area contributed by atoms with E-state index < -0.39 is 35.1 Å². The highest BCUT2D eigenvalue weighted by Gasteiger charge is 2.27. The van der Waals surface area contributed by atoms with Crippen molar-refractivity contribution in [2.75, 3.05) is 60.6 Å². The largest absolute Gasteiger partial charge is 0.497 e. The number of ether oxygens (including phenoxy) is 1. The number of fused-ring (bicyclic) bond motifs is 1. The molecule has 11 heteroatoms. The third-order valence-electron chi connectivity index (χ3n) is 7.02. The number of sulfonamides is 1. The molecule has 0 aromatic heterocycles. The van der Waals surface area contributed by atoms with Crippen molar-refractivity contribution in [3.63, 3.8) is 0 Å². The van der Waals surface area contributed by atoms with Gasteiger partial charge in [0, 0.05) is 33.2 Å². The van der Waals surface area contributed by atoms with E-state index in [1.807, 2.05) is 6.07 Å². The Hall–Kier alpha value is -3.02. The summed E-state index contributed by atoms with van der Waals surface area (Å²) in [5, 5.41) is 2.49. The molecule has 3 rings (SSSR count). The van der Waals surface area contributed by atoms with Crippen molar-refractivity contribution < 1.29 is 27.1 Å². The number of nitrogens with zero attached hydrogens (tertiary/aromatic N) is 3. The predicted molar refractivity (Wildman–Crippen MR) is 148 cm³/mol. The molecule has 0 bridgehead atoms. The second kappa shape index (κ2) is 13.4. The van der Waals surface area contributed by atoms with Crippen molar-refractivity contribution in [2.24, 2.45) is 0 Å². The van der Waals surface area contributed by atoms with Crippen LogP contribution in [0.25, 0.3) is 0 Å². The topological polar surface area (TPSA) is 99.3 Å². The van der Waals surface area contributed by atoms with Crippen LogP contribution < -0.4 is 10.1 Å². The Balaban J connectivity index is 1.61. The van der Waals surface area contributed by atoms with Gasteiger partial charge in [-0.1, -0.05) is 18.2 Å². The minimum atomic E-state index is -3.97. The van der Waals surface area contributed by atoms with E-state index in [0.29, 0.717) is 16.9 Å². The number of carbonyl (C=O) groups excluding carboxylic acids is 2. The number of rotatable bonds is 11. The molecule has 1 heterocycles. The van der Waals surface area contributed by atoms with Gasteiger partial charge in [-0.2, -0.15) is 4.31 Å². The molecule has 39 heavy (non-hydrogen) atoms. The number of methoxy groups -OCH3 is 1. The van der Waals surface area contributed by atoms with Crippen LogP contribution in [-0.4, -0.2) is 94.9 Å².